The van der Waals surface area contributed by atoms with E-state index in [1.165, 1.54) is 55.4 Å². The van der Waals surface area contributed by atoms with Gasteiger partial charge < -0.3 is 11.1 Å². The number of hydrogen-bond donors (Lipinski definition) is 2. The fourth-order valence-corrected chi connectivity index (χ4v) is 4.85. The lowest BCUT2D eigenvalue weighted by Gasteiger charge is -2.23. The van der Waals surface area contributed by atoms with Gasteiger partial charge in [-0.3, -0.25) is 4.79 Å². The van der Waals surface area contributed by atoms with Crippen molar-refractivity contribution in [1.82, 2.24) is 5.32 Å². The first-order valence-corrected chi connectivity index (χ1v) is 9.28. The van der Waals surface area contributed by atoms with Gasteiger partial charge in [0, 0.05) is 10.9 Å². The average Bonchev–Trinajstić information content (AvgIpc) is 2.75. The van der Waals surface area contributed by atoms with Crippen LogP contribution in [0.4, 0.5) is 5.00 Å². The largest absolute Gasteiger partial charge is 0.390 e. The van der Waals surface area contributed by atoms with Crippen molar-refractivity contribution in [3.8, 4) is 0 Å². The molecule has 0 spiro atoms. The first-order chi connectivity index (χ1) is 10.3. The van der Waals surface area contributed by atoms with E-state index in [2.05, 4.69) is 5.32 Å². The highest BCUT2D eigenvalue weighted by molar-refractivity contribution is 7.16. The third kappa shape index (κ3) is 3.42. The van der Waals surface area contributed by atoms with Gasteiger partial charge in [0.05, 0.1) is 10.6 Å². The molecule has 0 radical (unpaired) electrons. The second-order valence-corrected chi connectivity index (χ2v) is 7.60. The number of carbonyl (C=O) groups is 1. The maximum absolute atomic E-state index is 12.7. The van der Waals surface area contributed by atoms with Gasteiger partial charge >= 0.3 is 0 Å². The smallest absolute Gasteiger partial charge is 0.254 e. The topological polar surface area (TPSA) is 55.1 Å². The number of nitrogens with one attached hydrogen (secondary N) is 1. The summed E-state index contributed by atoms with van der Waals surface area (Å²) in [6, 6.07) is 0.356. The Hall–Kier alpha value is -1.03. The highest BCUT2D eigenvalue weighted by Gasteiger charge is 2.25. The van der Waals surface area contributed by atoms with Gasteiger partial charge in [-0.05, 0) is 44.1 Å². The Labute approximate surface area is 131 Å². The number of nitrogens with two attached hydrogens (primary N) is 1. The molecule has 3 nitrogen and oxygen atoms in total. The molecule has 21 heavy (non-hydrogen) atoms. The van der Waals surface area contributed by atoms with Gasteiger partial charge in [0.25, 0.3) is 5.91 Å². The zero-order chi connectivity index (χ0) is 14.7. The molecule has 4 heteroatoms. The van der Waals surface area contributed by atoms with Crippen molar-refractivity contribution in [3.05, 3.63) is 16.0 Å². The number of thiophene rings is 1. The van der Waals surface area contributed by atoms with Crippen LogP contribution in [-0.4, -0.2) is 11.9 Å². The Kier molecular flexibility index (Phi) is 4.84. The van der Waals surface area contributed by atoms with Crippen molar-refractivity contribution in [2.45, 2.75) is 76.7 Å². The Bertz CT molecular complexity index is 503. The third-order valence-corrected chi connectivity index (χ3v) is 5.99. The van der Waals surface area contributed by atoms with E-state index in [9.17, 15) is 4.79 Å². The summed E-state index contributed by atoms with van der Waals surface area (Å²) in [5.74, 6) is 0.0810. The number of hydrogen-bond acceptors (Lipinski definition) is 3. The summed E-state index contributed by atoms with van der Waals surface area (Å²) in [5, 5.41) is 3.97. The van der Waals surface area contributed by atoms with Crippen LogP contribution in [0.3, 0.4) is 0 Å². The van der Waals surface area contributed by atoms with Gasteiger partial charge in [0.2, 0.25) is 0 Å². The van der Waals surface area contributed by atoms with E-state index >= 15 is 0 Å². The summed E-state index contributed by atoms with van der Waals surface area (Å²) < 4.78 is 0. The maximum Gasteiger partial charge on any atom is 0.254 e. The summed E-state index contributed by atoms with van der Waals surface area (Å²) in [4.78, 5) is 14.0. The second kappa shape index (κ2) is 6.82. The molecule has 1 aromatic heterocycles. The number of amides is 1. The standard InChI is InChI=1S/C17H26N2OS/c18-16-15(17(20)19-12-8-4-3-5-9-12)13-10-6-1-2-7-11-14(13)21-16/h12H,1-11,18H2,(H,19,20). The number of carbonyl (C=O) groups excluding carboxylic acids is 1. The van der Waals surface area contributed by atoms with Crippen LogP contribution < -0.4 is 11.1 Å². The van der Waals surface area contributed by atoms with E-state index in [0.717, 1.165) is 36.2 Å². The lowest BCUT2D eigenvalue weighted by atomic mass is 9.94. The number of fused-ring (bicyclic) bond motifs is 1. The third-order valence-electron chi connectivity index (χ3n) is 4.87. The quantitative estimate of drug-likeness (QED) is 0.866. The van der Waals surface area contributed by atoms with Crippen molar-refractivity contribution in [3.63, 3.8) is 0 Å². The molecule has 0 aliphatic heterocycles. The summed E-state index contributed by atoms with van der Waals surface area (Å²) in [5.41, 5.74) is 8.25. The Morgan fingerprint density at radius 1 is 1.00 bits per heavy atom. The van der Waals surface area contributed by atoms with Crippen LogP contribution in [0, 0.1) is 0 Å². The van der Waals surface area contributed by atoms with Gasteiger partial charge in [-0.2, -0.15) is 0 Å². The molecule has 3 rings (SSSR count). The molecule has 1 heterocycles. The molecule has 0 bridgehead atoms. The molecule has 3 N–H and O–H groups in total. The van der Waals surface area contributed by atoms with E-state index in [-0.39, 0.29) is 5.91 Å². The van der Waals surface area contributed by atoms with Crippen LogP contribution in [0.15, 0.2) is 0 Å². The summed E-state index contributed by atoms with van der Waals surface area (Å²) in [6.45, 7) is 0. The normalized spacial score (nSPS) is 20.4. The van der Waals surface area contributed by atoms with Crippen LogP contribution in [0.25, 0.3) is 0 Å². The molecule has 0 atom stereocenters. The molecule has 1 saturated carbocycles. The lowest BCUT2D eigenvalue weighted by molar-refractivity contribution is 0.0928. The van der Waals surface area contributed by atoms with Crippen LogP contribution in [0.2, 0.25) is 0 Å². The van der Waals surface area contributed by atoms with Crippen molar-refractivity contribution >= 4 is 22.2 Å². The fourth-order valence-electron chi connectivity index (χ4n) is 3.69. The maximum atomic E-state index is 12.7. The highest BCUT2D eigenvalue weighted by atomic mass is 32.1. The van der Waals surface area contributed by atoms with Crippen LogP contribution in [-0.2, 0) is 12.8 Å². The minimum atomic E-state index is 0.0810. The number of nitrogen functional groups attached to an aromatic ring is 1. The van der Waals surface area contributed by atoms with Crippen LogP contribution >= 0.6 is 11.3 Å². The first-order valence-electron chi connectivity index (χ1n) is 8.46. The molecule has 0 aromatic carbocycles. The predicted octanol–water partition coefficient (Wildman–Crippen LogP) is 4.05. The molecular formula is C17H26N2OS. The van der Waals surface area contributed by atoms with Gasteiger partial charge in [-0.15, -0.1) is 11.3 Å². The van der Waals surface area contributed by atoms with E-state index in [1.807, 2.05) is 0 Å². The SMILES string of the molecule is Nc1sc2c(c1C(=O)NC1CCCCC1)CCCCCC2. The van der Waals surface area contributed by atoms with Gasteiger partial charge in [0.1, 0.15) is 0 Å². The molecule has 1 amide bonds. The first kappa shape index (κ1) is 14.9. The molecule has 2 aliphatic rings. The van der Waals surface area contributed by atoms with Crippen molar-refractivity contribution in [1.29, 1.82) is 0 Å². The minimum Gasteiger partial charge on any atom is -0.390 e. The monoisotopic (exact) mass is 306 g/mol. The van der Waals surface area contributed by atoms with Gasteiger partial charge in [0.15, 0.2) is 0 Å². The average molecular weight is 306 g/mol. The predicted molar refractivity (Wildman–Crippen MR) is 88.9 cm³/mol. The van der Waals surface area contributed by atoms with Gasteiger partial charge in [-0.1, -0.05) is 32.1 Å². The molecule has 0 unspecified atom stereocenters. The minimum absolute atomic E-state index is 0.0810. The fraction of sp³-hybridized carbons (Fsp3) is 0.706. The van der Waals surface area contributed by atoms with E-state index in [0.29, 0.717) is 6.04 Å². The number of anilines is 1. The molecule has 2 aliphatic carbocycles. The zero-order valence-electron chi connectivity index (χ0n) is 12.7. The lowest BCUT2D eigenvalue weighted by Crippen LogP contribution is -2.36. The van der Waals surface area contributed by atoms with E-state index in [1.54, 1.807) is 11.3 Å². The van der Waals surface area contributed by atoms with Crippen molar-refractivity contribution < 1.29 is 4.79 Å². The van der Waals surface area contributed by atoms with Gasteiger partial charge in [-0.25, -0.2) is 0 Å². The van der Waals surface area contributed by atoms with Crippen LogP contribution in [0.5, 0.6) is 0 Å². The molecular weight excluding hydrogens is 280 g/mol. The number of aryl methyl sites for hydroxylation is 1. The Morgan fingerprint density at radius 2 is 1.67 bits per heavy atom. The molecule has 1 aromatic rings. The summed E-state index contributed by atoms with van der Waals surface area (Å²) in [6.07, 6.45) is 13.2. The molecule has 1 fully saturated rings. The second-order valence-electron chi connectivity index (χ2n) is 6.47. The van der Waals surface area contributed by atoms with Crippen LogP contribution in [0.1, 0.15) is 78.6 Å². The van der Waals surface area contributed by atoms with E-state index < -0.39 is 0 Å². The Morgan fingerprint density at radius 3 is 2.43 bits per heavy atom. The summed E-state index contributed by atoms with van der Waals surface area (Å²) in [7, 11) is 0. The summed E-state index contributed by atoms with van der Waals surface area (Å²) >= 11 is 1.65. The van der Waals surface area contributed by atoms with Crippen molar-refractivity contribution in [2.75, 3.05) is 5.73 Å². The molecule has 116 valence electrons. The highest BCUT2D eigenvalue weighted by Crippen LogP contribution is 2.35. The number of rotatable bonds is 2. The Balaban J connectivity index is 1.78. The zero-order valence-corrected chi connectivity index (χ0v) is 13.6. The molecule has 0 saturated heterocycles. The van der Waals surface area contributed by atoms with Crippen molar-refractivity contribution in [2.24, 2.45) is 0 Å². The van der Waals surface area contributed by atoms with E-state index in [4.69, 9.17) is 5.73 Å².